The molecule has 0 spiro atoms. The number of aromatic hydroxyl groups is 1. The third kappa shape index (κ3) is 4.78. The van der Waals surface area contributed by atoms with Crippen LogP contribution in [0.25, 0.3) is 17.2 Å². The van der Waals surface area contributed by atoms with Crippen LogP contribution in [0.2, 0.25) is 0 Å². The van der Waals surface area contributed by atoms with Gasteiger partial charge in [-0.3, -0.25) is 0 Å². The summed E-state index contributed by atoms with van der Waals surface area (Å²) >= 11 is 0. The number of allylic oxidation sites excluding steroid dienone is 2. The zero-order chi connectivity index (χ0) is 22.5. The molecular weight excluding hydrogens is 407 g/mol. The molecule has 160 valence electrons. The van der Waals surface area contributed by atoms with Crippen LogP contribution >= 0.6 is 0 Å². The minimum atomic E-state index is -0.996. The number of benzene rings is 3. The Morgan fingerprint density at radius 3 is 2.38 bits per heavy atom. The molecule has 0 atom stereocenters. The lowest BCUT2D eigenvalue weighted by Crippen LogP contribution is -1.97. The quantitative estimate of drug-likeness (QED) is 0.391. The highest BCUT2D eigenvalue weighted by Crippen LogP contribution is 2.41. The number of carboxylic acids is 1. The summed E-state index contributed by atoms with van der Waals surface area (Å²) in [5, 5.41) is 18.4. The van der Waals surface area contributed by atoms with E-state index in [1.165, 1.54) is 18.2 Å². The third-order valence-electron chi connectivity index (χ3n) is 5.18. The summed E-state index contributed by atoms with van der Waals surface area (Å²) in [6.07, 6.45) is 6.65. The number of aliphatic carboxylic acids is 1. The molecule has 0 aromatic heterocycles. The fraction of sp³-hybridized carbons (Fsp3) is 0.0741. The highest BCUT2D eigenvalue weighted by atomic mass is 19.1. The first kappa shape index (κ1) is 21.1. The van der Waals surface area contributed by atoms with E-state index in [4.69, 9.17) is 9.84 Å². The monoisotopic (exact) mass is 428 g/mol. The molecule has 4 rings (SSSR count). The molecule has 0 radical (unpaired) electrons. The predicted molar refractivity (Wildman–Crippen MR) is 123 cm³/mol. The number of rotatable bonds is 5. The van der Waals surface area contributed by atoms with Crippen molar-refractivity contribution in [3.8, 4) is 11.5 Å². The van der Waals surface area contributed by atoms with Gasteiger partial charge in [-0.2, -0.15) is 0 Å². The average Bonchev–Trinajstić information content (AvgIpc) is 2.97. The van der Waals surface area contributed by atoms with Gasteiger partial charge in [-0.1, -0.05) is 54.6 Å². The van der Waals surface area contributed by atoms with Gasteiger partial charge < -0.3 is 14.9 Å². The molecule has 1 heterocycles. The predicted octanol–water partition coefficient (Wildman–Crippen LogP) is 5.93. The number of phenolic OH excluding ortho intramolecular Hbond substituents is 1. The number of carbonyl (C=O) groups is 1. The second kappa shape index (κ2) is 9.35. The molecule has 4 nitrogen and oxygen atoms in total. The van der Waals surface area contributed by atoms with Gasteiger partial charge in [0.1, 0.15) is 17.3 Å². The number of hydrogen-bond acceptors (Lipinski definition) is 3. The Morgan fingerprint density at radius 2 is 1.66 bits per heavy atom. The van der Waals surface area contributed by atoms with E-state index in [-0.39, 0.29) is 11.6 Å². The summed E-state index contributed by atoms with van der Waals surface area (Å²) in [6, 6.07) is 19.4. The molecule has 0 aliphatic carbocycles. The SMILES string of the molecule is O=C(O)/C=C/C=C/c1ccc(C2=C(c3ccc(O)cc3)CCOc3cc(F)ccc32)cc1. The van der Waals surface area contributed by atoms with Crippen molar-refractivity contribution in [2.45, 2.75) is 6.42 Å². The first-order valence-corrected chi connectivity index (χ1v) is 10.1. The molecular formula is C27H21FO4. The molecule has 3 aromatic rings. The van der Waals surface area contributed by atoms with E-state index in [0.717, 1.165) is 39.5 Å². The van der Waals surface area contributed by atoms with Crippen molar-refractivity contribution >= 4 is 23.2 Å². The van der Waals surface area contributed by atoms with Gasteiger partial charge in [0.15, 0.2) is 0 Å². The van der Waals surface area contributed by atoms with Crippen LogP contribution in [-0.4, -0.2) is 22.8 Å². The lowest BCUT2D eigenvalue weighted by molar-refractivity contribution is -0.131. The normalized spacial score (nSPS) is 13.8. The Labute approximate surface area is 185 Å². The van der Waals surface area contributed by atoms with Crippen molar-refractivity contribution in [3.05, 3.63) is 113 Å². The van der Waals surface area contributed by atoms with Crippen LogP contribution in [-0.2, 0) is 4.79 Å². The number of hydrogen-bond donors (Lipinski definition) is 2. The van der Waals surface area contributed by atoms with E-state index in [1.807, 2.05) is 42.5 Å². The van der Waals surface area contributed by atoms with Crippen molar-refractivity contribution in [2.75, 3.05) is 6.61 Å². The maximum absolute atomic E-state index is 13.9. The summed E-state index contributed by atoms with van der Waals surface area (Å²) in [7, 11) is 0. The number of fused-ring (bicyclic) bond motifs is 1. The van der Waals surface area contributed by atoms with E-state index >= 15 is 0 Å². The van der Waals surface area contributed by atoms with Gasteiger partial charge >= 0.3 is 5.97 Å². The molecule has 0 saturated carbocycles. The average molecular weight is 428 g/mol. The fourth-order valence-electron chi connectivity index (χ4n) is 3.72. The van der Waals surface area contributed by atoms with Crippen LogP contribution in [0.15, 0.2) is 85.0 Å². The Bertz CT molecular complexity index is 1220. The van der Waals surface area contributed by atoms with Crippen molar-refractivity contribution in [3.63, 3.8) is 0 Å². The Hall–Kier alpha value is -4.12. The van der Waals surface area contributed by atoms with Gasteiger partial charge in [0.25, 0.3) is 0 Å². The molecule has 5 heteroatoms. The summed E-state index contributed by atoms with van der Waals surface area (Å²) in [6.45, 7) is 0.410. The van der Waals surface area contributed by atoms with E-state index in [2.05, 4.69) is 0 Å². The van der Waals surface area contributed by atoms with Crippen LogP contribution in [0.4, 0.5) is 4.39 Å². The van der Waals surface area contributed by atoms with Crippen LogP contribution in [0.1, 0.15) is 28.7 Å². The fourth-order valence-corrected chi connectivity index (χ4v) is 3.72. The van der Waals surface area contributed by atoms with Crippen molar-refractivity contribution in [1.82, 2.24) is 0 Å². The van der Waals surface area contributed by atoms with Gasteiger partial charge in [0.2, 0.25) is 0 Å². The van der Waals surface area contributed by atoms with Crippen LogP contribution in [0.5, 0.6) is 11.5 Å². The van der Waals surface area contributed by atoms with Crippen LogP contribution in [0, 0.1) is 5.82 Å². The molecule has 2 N–H and O–H groups in total. The largest absolute Gasteiger partial charge is 0.508 e. The molecule has 1 aliphatic rings. The van der Waals surface area contributed by atoms with Crippen LogP contribution < -0.4 is 4.74 Å². The third-order valence-corrected chi connectivity index (χ3v) is 5.18. The highest BCUT2D eigenvalue weighted by molar-refractivity contribution is 6.00. The number of phenols is 1. The van der Waals surface area contributed by atoms with Gasteiger partial charge in [-0.05, 0) is 52.1 Å². The summed E-state index contributed by atoms with van der Waals surface area (Å²) in [5.74, 6) is -0.664. The van der Waals surface area contributed by atoms with Crippen molar-refractivity contribution in [1.29, 1.82) is 0 Å². The maximum Gasteiger partial charge on any atom is 0.328 e. The molecule has 1 aliphatic heterocycles. The van der Waals surface area contributed by atoms with Gasteiger partial charge in [-0.15, -0.1) is 0 Å². The summed E-state index contributed by atoms with van der Waals surface area (Å²) in [5.41, 5.74) is 5.62. The van der Waals surface area contributed by atoms with Gasteiger partial charge in [0, 0.05) is 24.1 Å². The van der Waals surface area contributed by atoms with Crippen molar-refractivity contribution in [2.24, 2.45) is 0 Å². The molecule has 0 unspecified atom stereocenters. The highest BCUT2D eigenvalue weighted by Gasteiger charge is 2.21. The van der Waals surface area contributed by atoms with E-state index in [9.17, 15) is 14.3 Å². The van der Waals surface area contributed by atoms with Crippen molar-refractivity contribution < 1.29 is 24.1 Å². The zero-order valence-electron chi connectivity index (χ0n) is 17.2. The lowest BCUT2D eigenvalue weighted by atomic mass is 9.88. The van der Waals surface area contributed by atoms with Gasteiger partial charge in [0.05, 0.1) is 6.61 Å². The summed E-state index contributed by atoms with van der Waals surface area (Å²) in [4.78, 5) is 10.6. The maximum atomic E-state index is 13.9. The minimum Gasteiger partial charge on any atom is -0.508 e. The zero-order valence-corrected chi connectivity index (χ0v) is 17.2. The van der Waals surface area contributed by atoms with E-state index in [0.29, 0.717) is 18.8 Å². The summed E-state index contributed by atoms with van der Waals surface area (Å²) < 4.78 is 19.8. The smallest absolute Gasteiger partial charge is 0.328 e. The number of halogens is 1. The molecule has 3 aromatic carbocycles. The number of ether oxygens (including phenoxy) is 1. The number of carboxylic acid groups (broad SMARTS) is 1. The Kier molecular flexibility index (Phi) is 6.17. The van der Waals surface area contributed by atoms with Gasteiger partial charge in [-0.25, -0.2) is 9.18 Å². The first-order valence-electron chi connectivity index (χ1n) is 10.1. The van der Waals surface area contributed by atoms with E-state index in [1.54, 1.807) is 24.3 Å². The first-order chi connectivity index (χ1) is 15.5. The lowest BCUT2D eigenvalue weighted by Gasteiger charge is -2.15. The van der Waals surface area contributed by atoms with E-state index < -0.39 is 5.97 Å². The topological polar surface area (TPSA) is 66.8 Å². The minimum absolute atomic E-state index is 0.191. The molecule has 0 fully saturated rings. The molecule has 0 bridgehead atoms. The Morgan fingerprint density at radius 1 is 0.938 bits per heavy atom. The molecule has 32 heavy (non-hydrogen) atoms. The molecule has 0 saturated heterocycles. The standard InChI is InChI=1S/C27H21FO4/c28-21-11-14-24-25(17-21)32-16-15-23(19-9-12-22(29)13-10-19)27(24)20-7-5-18(6-8-20)3-1-2-4-26(30)31/h1-14,17,29H,15-16H2,(H,30,31)/b3-1+,4-2+. The molecule has 0 amide bonds. The van der Waals surface area contributed by atoms with Crippen LogP contribution in [0.3, 0.4) is 0 Å². The Balaban J connectivity index is 1.81. The second-order valence-corrected chi connectivity index (χ2v) is 7.32. The second-order valence-electron chi connectivity index (χ2n) is 7.32.